The fraction of sp³-hybridized carbons (Fsp3) is 0.0455. The van der Waals surface area contributed by atoms with Crippen molar-refractivity contribution in [3.05, 3.63) is 187 Å². The van der Waals surface area contributed by atoms with E-state index in [-0.39, 0.29) is 0 Å². The quantitative estimate of drug-likeness (QED) is 0.191. The predicted molar refractivity (Wildman–Crippen MR) is 193 cm³/mol. The van der Waals surface area contributed by atoms with Crippen molar-refractivity contribution in [1.82, 2.24) is 0 Å². The van der Waals surface area contributed by atoms with Crippen molar-refractivity contribution in [2.75, 3.05) is 4.90 Å². The molecule has 0 saturated heterocycles. The first-order valence-corrected chi connectivity index (χ1v) is 15.8. The molecule has 0 unspecified atom stereocenters. The van der Waals surface area contributed by atoms with Crippen molar-refractivity contribution >= 4 is 38.5 Å². The minimum Gasteiger partial charge on any atom is -0.309 e. The second-order valence-corrected chi connectivity index (χ2v) is 11.6. The SMILES string of the molecule is C1=CC(N(c2cc(-c3cccc4ccccc34)ccc2-c2ccccc2)c2cccc3ccccc23)=C(c2ccccc2)CC1. The van der Waals surface area contributed by atoms with Crippen LogP contribution in [0.4, 0.5) is 11.4 Å². The zero-order valence-corrected chi connectivity index (χ0v) is 25.1. The van der Waals surface area contributed by atoms with Crippen molar-refractivity contribution in [1.29, 1.82) is 0 Å². The molecule has 1 aliphatic rings. The van der Waals surface area contributed by atoms with Crippen LogP contribution in [-0.4, -0.2) is 0 Å². The Morgan fingerprint density at radius 1 is 0.422 bits per heavy atom. The van der Waals surface area contributed by atoms with Crippen LogP contribution in [0.25, 0.3) is 49.4 Å². The van der Waals surface area contributed by atoms with E-state index in [0.29, 0.717) is 0 Å². The van der Waals surface area contributed by atoms with Gasteiger partial charge in [0.2, 0.25) is 0 Å². The number of anilines is 2. The van der Waals surface area contributed by atoms with Gasteiger partial charge in [0.1, 0.15) is 0 Å². The van der Waals surface area contributed by atoms with E-state index in [0.717, 1.165) is 18.5 Å². The third-order valence-corrected chi connectivity index (χ3v) is 8.94. The summed E-state index contributed by atoms with van der Waals surface area (Å²) in [6.45, 7) is 0. The zero-order chi connectivity index (χ0) is 30.0. The third kappa shape index (κ3) is 5.03. The maximum absolute atomic E-state index is 2.53. The van der Waals surface area contributed by atoms with Crippen LogP contribution in [0.1, 0.15) is 18.4 Å². The summed E-state index contributed by atoms with van der Waals surface area (Å²) in [5.74, 6) is 0. The Bertz CT molecular complexity index is 2200. The number of benzene rings is 7. The Hall–Kier alpha value is -5.66. The monoisotopic (exact) mass is 575 g/mol. The topological polar surface area (TPSA) is 3.24 Å². The summed E-state index contributed by atoms with van der Waals surface area (Å²) < 4.78 is 0. The minimum atomic E-state index is 0.987. The van der Waals surface area contributed by atoms with Crippen LogP contribution in [0.3, 0.4) is 0 Å². The molecule has 0 saturated carbocycles. The van der Waals surface area contributed by atoms with Gasteiger partial charge >= 0.3 is 0 Å². The molecule has 8 rings (SSSR count). The van der Waals surface area contributed by atoms with Gasteiger partial charge in [0.05, 0.1) is 11.4 Å². The Balaban J connectivity index is 1.47. The molecule has 7 aromatic rings. The number of hydrogen-bond donors (Lipinski definition) is 0. The van der Waals surface area contributed by atoms with Crippen LogP contribution in [-0.2, 0) is 0 Å². The fourth-order valence-corrected chi connectivity index (χ4v) is 6.81. The molecule has 0 N–H and O–H groups in total. The summed E-state index contributed by atoms with van der Waals surface area (Å²) in [7, 11) is 0. The average molecular weight is 576 g/mol. The molecule has 1 nitrogen and oxygen atoms in total. The molecule has 1 aliphatic carbocycles. The van der Waals surface area contributed by atoms with Crippen LogP contribution in [0.15, 0.2) is 182 Å². The highest BCUT2D eigenvalue weighted by molar-refractivity contribution is 6.03. The number of allylic oxidation sites excluding steroid dienone is 3. The Morgan fingerprint density at radius 2 is 1.04 bits per heavy atom. The first-order valence-electron chi connectivity index (χ1n) is 15.8. The van der Waals surface area contributed by atoms with E-state index < -0.39 is 0 Å². The van der Waals surface area contributed by atoms with Gasteiger partial charge in [0.25, 0.3) is 0 Å². The normalized spacial score (nSPS) is 13.0. The molecule has 0 amide bonds. The molecule has 0 atom stereocenters. The van der Waals surface area contributed by atoms with Gasteiger partial charge in [-0.15, -0.1) is 0 Å². The van der Waals surface area contributed by atoms with E-state index >= 15 is 0 Å². The van der Waals surface area contributed by atoms with Gasteiger partial charge in [0, 0.05) is 16.6 Å². The van der Waals surface area contributed by atoms with Crippen molar-refractivity contribution in [2.45, 2.75) is 12.8 Å². The van der Waals surface area contributed by atoms with E-state index in [9.17, 15) is 0 Å². The molecule has 0 heterocycles. The molecule has 214 valence electrons. The lowest BCUT2D eigenvalue weighted by Gasteiger charge is -2.33. The van der Waals surface area contributed by atoms with Gasteiger partial charge in [-0.3, -0.25) is 0 Å². The number of fused-ring (bicyclic) bond motifs is 2. The van der Waals surface area contributed by atoms with Crippen LogP contribution >= 0.6 is 0 Å². The Kier molecular flexibility index (Phi) is 7.05. The Labute approximate surface area is 265 Å². The molecule has 1 heteroatoms. The van der Waals surface area contributed by atoms with Crippen LogP contribution in [0.5, 0.6) is 0 Å². The highest BCUT2D eigenvalue weighted by Crippen LogP contribution is 2.46. The average Bonchev–Trinajstić information content (AvgIpc) is 3.12. The summed E-state index contributed by atoms with van der Waals surface area (Å²) in [5.41, 5.74) is 11.0. The molecule has 0 bridgehead atoms. The second-order valence-electron chi connectivity index (χ2n) is 11.6. The van der Waals surface area contributed by atoms with Gasteiger partial charge in [-0.25, -0.2) is 0 Å². The van der Waals surface area contributed by atoms with Crippen molar-refractivity contribution in [3.8, 4) is 22.3 Å². The smallest absolute Gasteiger partial charge is 0.0546 e. The van der Waals surface area contributed by atoms with Gasteiger partial charge in [-0.05, 0) is 75.0 Å². The molecule has 0 fully saturated rings. The number of hydrogen-bond acceptors (Lipinski definition) is 1. The molecular weight excluding hydrogens is 542 g/mol. The first-order chi connectivity index (χ1) is 22.3. The highest BCUT2D eigenvalue weighted by Gasteiger charge is 2.25. The maximum atomic E-state index is 2.53. The first kappa shape index (κ1) is 26.9. The summed E-state index contributed by atoms with van der Waals surface area (Å²) >= 11 is 0. The van der Waals surface area contributed by atoms with Gasteiger partial charge < -0.3 is 4.90 Å². The van der Waals surface area contributed by atoms with E-state index in [1.807, 2.05) is 0 Å². The lowest BCUT2D eigenvalue weighted by atomic mass is 9.91. The van der Waals surface area contributed by atoms with Crippen molar-refractivity contribution in [3.63, 3.8) is 0 Å². The molecule has 0 radical (unpaired) electrons. The maximum Gasteiger partial charge on any atom is 0.0546 e. The zero-order valence-electron chi connectivity index (χ0n) is 25.1. The minimum absolute atomic E-state index is 0.987. The summed E-state index contributed by atoms with van der Waals surface area (Å²) in [5, 5.41) is 4.97. The number of rotatable bonds is 6. The number of nitrogens with zero attached hydrogens (tertiary/aromatic N) is 1. The van der Waals surface area contributed by atoms with Gasteiger partial charge in [-0.1, -0.05) is 158 Å². The van der Waals surface area contributed by atoms with Crippen molar-refractivity contribution < 1.29 is 0 Å². The summed E-state index contributed by atoms with van der Waals surface area (Å²) in [6, 6.07) is 59.5. The van der Waals surface area contributed by atoms with Crippen LogP contribution in [0.2, 0.25) is 0 Å². The summed E-state index contributed by atoms with van der Waals surface area (Å²) in [6.07, 6.45) is 6.68. The molecule has 0 aromatic heterocycles. The van der Waals surface area contributed by atoms with Gasteiger partial charge in [-0.2, -0.15) is 0 Å². The Morgan fingerprint density at radius 3 is 1.82 bits per heavy atom. The standard InChI is InChI=1S/C44H33N/c1-3-15-33(16-4-1)39-25-11-12-27-42(39)45(43-28-14-22-35-20-8-10-24-40(35)43)44-31-36(29-30-41(44)34-17-5-2-6-18-34)38-26-13-21-32-19-7-9-23-37(32)38/h1-10,12-24,26-31H,11,25H2. The third-order valence-electron chi connectivity index (χ3n) is 8.94. The largest absolute Gasteiger partial charge is 0.309 e. The van der Waals surface area contributed by atoms with Crippen molar-refractivity contribution in [2.24, 2.45) is 0 Å². The van der Waals surface area contributed by atoms with E-state index in [4.69, 9.17) is 0 Å². The van der Waals surface area contributed by atoms with Crippen LogP contribution in [0, 0.1) is 0 Å². The molecule has 0 aliphatic heterocycles. The van der Waals surface area contributed by atoms with Gasteiger partial charge in [0.15, 0.2) is 0 Å². The fourth-order valence-electron chi connectivity index (χ4n) is 6.81. The van der Waals surface area contributed by atoms with E-state index in [1.54, 1.807) is 0 Å². The lowest BCUT2D eigenvalue weighted by molar-refractivity contribution is 1.02. The highest BCUT2D eigenvalue weighted by atomic mass is 15.2. The molecule has 0 spiro atoms. The second kappa shape index (κ2) is 11.8. The molecular formula is C44H33N. The predicted octanol–water partition coefficient (Wildman–Crippen LogP) is 12.2. The van der Waals surface area contributed by atoms with E-state index in [1.165, 1.54) is 66.3 Å². The summed E-state index contributed by atoms with van der Waals surface area (Å²) in [4.78, 5) is 2.53. The van der Waals surface area contributed by atoms with E-state index in [2.05, 4.69) is 181 Å². The molecule has 7 aromatic carbocycles. The van der Waals surface area contributed by atoms with Crippen LogP contribution < -0.4 is 4.90 Å². The molecule has 45 heavy (non-hydrogen) atoms. The lowest BCUT2D eigenvalue weighted by Crippen LogP contribution is -2.19.